The Kier molecular flexibility index (Phi) is 10.1. The number of benzene rings is 2. The number of hydrogen-bond donors (Lipinski definition) is 4. The van der Waals surface area contributed by atoms with Crippen molar-refractivity contribution < 1.29 is 4.39 Å². The van der Waals surface area contributed by atoms with Crippen LogP contribution >= 0.6 is 0 Å². The lowest BCUT2D eigenvalue weighted by molar-refractivity contribution is 0.425. The molecule has 3 rings (SSSR count). The van der Waals surface area contributed by atoms with Crippen LogP contribution in [0.5, 0.6) is 0 Å². The standard InChI is InChI=1S/C32H39FN6/c1-7-10-29(24-16-26(33)20-28(18-24)36-13-14-39(5)6)32-21(4)37-31(38-32)19-25-15-23(11-12-30(25)35)22(8-2)17-27(34)9-3/h7-12,15-18,20,36H,1,3,13-14,19,34-35H2,2,4-6H3,(H,37,38)/b22-8+,27-17+,29-10-. The van der Waals surface area contributed by atoms with Gasteiger partial charge in [0.05, 0.1) is 5.69 Å². The largest absolute Gasteiger partial charge is 0.399 e. The zero-order chi connectivity index (χ0) is 28.5. The Morgan fingerprint density at radius 2 is 1.92 bits per heavy atom. The molecule has 2 aromatic carbocycles. The van der Waals surface area contributed by atoms with Crippen molar-refractivity contribution >= 4 is 22.5 Å². The van der Waals surface area contributed by atoms with E-state index in [-0.39, 0.29) is 5.82 Å². The molecule has 0 fully saturated rings. The first kappa shape index (κ1) is 29.2. The van der Waals surface area contributed by atoms with Gasteiger partial charge in [-0.15, -0.1) is 0 Å². The van der Waals surface area contributed by atoms with Gasteiger partial charge in [0, 0.05) is 47.8 Å². The molecule has 0 radical (unpaired) electrons. The minimum Gasteiger partial charge on any atom is -0.399 e. The number of H-pyrrole nitrogens is 1. The van der Waals surface area contributed by atoms with E-state index in [2.05, 4.69) is 28.4 Å². The van der Waals surface area contributed by atoms with Gasteiger partial charge < -0.3 is 26.7 Å². The van der Waals surface area contributed by atoms with Crippen LogP contribution in [0.3, 0.4) is 0 Å². The molecule has 0 spiro atoms. The van der Waals surface area contributed by atoms with Gasteiger partial charge in [-0.1, -0.05) is 37.5 Å². The van der Waals surface area contributed by atoms with Crippen LogP contribution in [0.1, 0.15) is 40.8 Å². The molecule has 7 heteroatoms. The zero-order valence-electron chi connectivity index (χ0n) is 23.3. The molecule has 0 unspecified atom stereocenters. The highest BCUT2D eigenvalue weighted by atomic mass is 19.1. The minimum absolute atomic E-state index is 0.321. The van der Waals surface area contributed by atoms with Crippen LogP contribution in [0, 0.1) is 12.7 Å². The van der Waals surface area contributed by atoms with E-state index in [0.717, 1.165) is 46.0 Å². The predicted octanol–water partition coefficient (Wildman–Crippen LogP) is 6.05. The van der Waals surface area contributed by atoms with E-state index in [9.17, 15) is 4.39 Å². The maximum atomic E-state index is 14.6. The summed E-state index contributed by atoms with van der Waals surface area (Å²) in [4.78, 5) is 10.4. The fourth-order valence-electron chi connectivity index (χ4n) is 4.26. The summed E-state index contributed by atoms with van der Waals surface area (Å²) in [5, 5.41) is 3.30. The van der Waals surface area contributed by atoms with Crippen molar-refractivity contribution in [2.24, 2.45) is 5.73 Å². The Labute approximate surface area is 231 Å². The number of imidazole rings is 1. The van der Waals surface area contributed by atoms with Gasteiger partial charge in [-0.25, -0.2) is 9.37 Å². The molecule has 0 amide bonds. The molecule has 6 N–H and O–H groups in total. The monoisotopic (exact) mass is 526 g/mol. The molecule has 6 nitrogen and oxygen atoms in total. The van der Waals surface area contributed by atoms with E-state index in [4.69, 9.17) is 16.5 Å². The summed E-state index contributed by atoms with van der Waals surface area (Å²) in [5.41, 5.74) is 20.3. The number of aryl methyl sites for hydroxylation is 1. The molecule has 0 aliphatic rings. The molecule has 0 saturated heterocycles. The molecular weight excluding hydrogens is 487 g/mol. The van der Waals surface area contributed by atoms with E-state index in [1.54, 1.807) is 12.2 Å². The number of aromatic amines is 1. The summed E-state index contributed by atoms with van der Waals surface area (Å²) in [6.07, 6.45) is 9.54. The van der Waals surface area contributed by atoms with E-state index in [1.165, 1.54) is 12.1 Å². The van der Waals surface area contributed by atoms with Gasteiger partial charge in [0.25, 0.3) is 0 Å². The van der Waals surface area contributed by atoms with Gasteiger partial charge in [0.15, 0.2) is 0 Å². The van der Waals surface area contributed by atoms with Gasteiger partial charge in [-0.2, -0.15) is 0 Å². The average Bonchev–Trinajstić information content (AvgIpc) is 3.25. The van der Waals surface area contributed by atoms with Gasteiger partial charge >= 0.3 is 0 Å². The highest BCUT2D eigenvalue weighted by Crippen LogP contribution is 2.29. The Morgan fingerprint density at radius 3 is 2.59 bits per heavy atom. The molecule has 204 valence electrons. The molecule has 0 aliphatic carbocycles. The number of nitrogen functional groups attached to an aromatic ring is 1. The maximum absolute atomic E-state index is 14.6. The van der Waals surface area contributed by atoms with E-state index in [0.29, 0.717) is 35.6 Å². The second-order valence-corrected chi connectivity index (χ2v) is 9.61. The van der Waals surface area contributed by atoms with Crippen molar-refractivity contribution in [1.29, 1.82) is 0 Å². The van der Waals surface area contributed by atoms with E-state index in [1.807, 2.05) is 70.4 Å². The molecule has 0 saturated carbocycles. The summed E-state index contributed by atoms with van der Waals surface area (Å²) in [5.74, 6) is 0.434. The molecule has 0 aliphatic heterocycles. The second kappa shape index (κ2) is 13.4. The van der Waals surface area contributed by atoms with E-state index >= 15 is 0 Å². The van der Waals surface area contributed by atoms with Crippen molar-refractivity contribution in [3.8, 4) is 0 Å². The Morgan fingerprint density at radius 1 is 1.15 bits per heavy atom. The SMILES string of the molecule is C=C/C=C(/c1cc(F)cc(NCCN(C)C)c1)c1nc(Cc2cc(C(/C=C(/N)C=C)=C/C)ccc2N)[nH]c1C. The zero-order valence-corrected chi connectivity index (χ0v) is 23.3. The Balaban J connectivity index is 1.94. The minimum atomic E-state index is -0.321. The lowest BCUT2D eigenvalue weighted by Crippen LogP contribution is -2.20. The fourth-order valence-corrected chi connectivity index (χ4v) is 4.26. The number of aromatic nitrogens is 2. The van der Waals surface area contributed by atoms with Crippen LogP contribution in [-0.2, 0) is 6.42 Å². The summed E-state index contributed by atoms with van der Waals surface area (Å²) in [6, 6.07) is 10.9. The van der Waals surface area contributed by atoms with Crippen molar-refractivity contribution in [3.63, 3.8) is 0 Å². The van der Waals surface area contributed by atoms with E-state index < -0.39 is 0 Å². The lowest BCUT2D eigenvalue weighted by atomic mass is 9.99. The van der Waals surface area contributed by atoms with Gasteiger partial charge in [-0.3, -0.25) is 0 Å². The number of nitrogens with two attached hydrogens (primary N) is 2. The van der Waals surface area contributed by atoms with Crippen LogP contribution in [0.2, 0.25) is 0 Å². The summed E-state index contributed by atoms with van der Waals surface area (Å²) in [7, 11) is 4.00. The molecule has 3 aromatic rings. The maximum Gasteiger partial charge on any atom is 0.125 e. The normalized spacial score (nSPS) is 12.6. The topological polar surface area (TPSA) is 96.0 Å². The number of hydrogen-bond acceptors (Lipinski definition) is 5. The quantitative estimate of drug-likeness (QED) is 0.170. The highest BCUT2D eigenvalue weighted by molar-refractivity contribution is 5.82. The number of likely N-dealkylation sites (N-methyl/N-ethyl adjacent to an activating group) is 1. The van der Waals surface area contributed by atoms with Crippen LogP contribution in [0.15, 0.2) is 85.6 Å². The molecule has 39 heavy (non-hydrogen) atoms. The molecule has 1 aromatic heterocycles. The van der Waals surface area contributed by atoms with Crippen LogP contribution in [-0.4, -0.2) is 42.1 Å². The fraction of sp³-hybridized carbons (Fsp3) is 0.219. The first-order chi connectivity index (χ1) is 18.6. The Hall–Kier alpha value is -4.36. The van der Waals surface area contributed by atoms with Gasteiger partial charge in [-0.05, 0) is 92.7 Å². The van der Waals surface area contributed by atoms with Crippen molar-refractivity contribution in [1.82, 2.24) is 14.9 Å². The van der Waals surface area contributed by atoms with Gasteiger partial charge in [0.1, 0.15) is 11.6 Å². The second-order valence-electron chi connectivity index (χ2n) is 9.61. The first-order valence-electron chi connectivity index (χ1n) is 12.9. The highest BCUT2D eigenvalue weighted by Gasteiger charge is 2.16. The predicted molar refractivity (Wildman–Crippen MR) is 164 cm³/mol. The van der Waals surface area contributed by atoms with Gasteiger partial charge in [0.2, 0.25) is 0 Å². The lowest BCUT2D eigenvalue weighted by Gasteiger charge is -2.13. The molecular formula is C32H39FN6. The molecule has 0 bridgehead atoms. The first-order valence-corrected chi connectivity index (χ1v) is 12.9. The van der Waals surface area contributed by atoms with Crippen molar-refractivity contribution in [2.75, 3.05) is 38.2 Å². The number of nitrogens with one attached hydrogen (secondary N) is 2. The average molecular weight is 527 g/mol. The molecule has 1 heterocycles. The number of allylic oxidation sites excluding steroid dienone is 6. The molecule has 0 atom stereocenters. The number of anilines is 2. The van der Waals surface area contributed by atoms with Crippen molar-refractivity contribution in [2.45, 2.75) is 20.3 Å². The number of nitrogens with zero attached hydrogens (tertiary/aromatic N) is 2. The number of rotatable bonds is 12. The van der Waals surface area contributed by atoms with Crippen LogP contribution < -0.4 is 16.8 Å². The van der Waals surface area contributed by atoms with Crippen LogP contribution in [0.4, 0.5) is 15.8 Å². The van der Waals surface area contributed by atoms with Crippen molar-refractivity contribution in [3.05, 3.63) is 125 Å². The summed E-state index contributed by atoms with van der Waals surface area (Å²) >= 11 is 0. The third kappa shape index (κ3) is 7.82. The smallest absolute Gasteiger partial charge is 0.125 e. The third-order valence-corrected chi connectivity index (χ3v) is 6.27. The van der Waals surface area contributed by atoms with Crippen LogP contribution in [0.25, 0.3) is 11.1 Å². The number of halogens is 1. The summed E-state index contributed by atoms with van der Waals surface area (Å²) in [6.45, 7) is 13.1. The third-order valence-electron chi connectivity index (χ3n) is 6.27. The summed E-state index contributed by atoms with van der Waals surface area (Å²) < 4.78 is 14.6. The Bertz CT molecular complexity index is 1420.